The van der Waals surface area contributed by atoms with Crippen molar-refractivity contribution in [2.24, 2.45) is 7.05 Å². The maximum absolute atomic E-state index is 12.0. The van der Waals surface area contributed by atoms with Crippen molar-refractivity contribution in [3.05, 3.63) is 53.9 Å². The van der Waals surface area contributed by atoms with E-state index in [0.717, 1.165) is 5.56 Å². The Kier molecular flexibility index (Phi) is 5.26. The number of benzene rings is 1. The zero-order valence-corrected chi connectivity index (χ0v) is 12.1. The normalized spacial score (nSPS) is 11.9. The third-order valence-corrected chi connectivity index (χ3v) is 3.05. The summed E-state index contributed by atoms with van der Waals surface area (Å²) < 4.78 is 6.75. The van der Waals surface area contributed by atoms with Crippen LogP contribution < -0.4 is 5.32 Å². The minimum atomic E-state index is -1.15. The van der Waals surface area contributed by atoms with Crippen LogP contribution in [0.2, 0.25) is 0 Å². The van der Waals surface area contributed by atoms with Gasteiger partial charge >= 0.3 is 5.97 Å². The minimum absolute atomic E-state index is 0.117. The smallest absolute Gasteiger partial charge is 0.328 e. The summed E-state index contributed by atoms with van der Waals surface area (Å²) in [6.45, 7) is 0.167. The number of aromatic nitrogens is 2. The molecule has 2 N–H and O–H groups in total. The van der Waals surface area contributed by atoms with Crippen LogP contribution in [0, 0.1) is 0 Å². The summed E-state index contributed by atoms with van der Waals surface area (Å²) in [5.41, 5.74) is 1.22. The quantitative estimate of drug-likeness (QED) is 0.790. The number of carbonyl (C=O) groups is 2. The monoisotopic (exact) mass is 303 g/mol. The molecule has 0 aliphatic carbocycles. The van der Waals surface area contributed by atoms with Gasteiger partial charge in [-0.2, -0.15) is 5.10 Å². The molecule has 1 amide bonds. The number of aliphatic carboxylic acids is 1. The van der Waals surface area contributed by atoms with E-state index in [0.29, 0.717) is 0 Å². The fourth-order valence-corrected chi connectivity index (χ4v) is 1.87. The second-order valence-corrected chi connectivity index (χ2v) is 4.71. The second-order valence-electron chi connectivity index (χ2n) is 4.71. The fraction of sp³-hybridized carbons (Fsp3) is 0.267. The summed E-state index contributed by atoms with van der Waals surface area (Å²) in [5, 5.41) is 15.5. The van der Waals surface area contributed by atoms with E-state index in [2.05, 4.69) is 10.4 Å². The van der Waals surface area contributed by atoms with E-state index in [9.17, 15) is 9.59 Å². The maximum Gasteiger partial charge on any atom is 0.328 e. The first-order valence-corrected chi connectivity index (χ1v) is 6.71. The van der Waals surface area contributed by atoms with E-state index in [-0.39, 0.29) is 18.9 Å². The van der Waals surface area contributed by atoms with Gasteiger partial charge in [-0.3, -0.25) is 9.48 Å². The number of amides is 1. The van der Waals surface area contributed by atoms with Crippen LogP contribution in [0.5, 0.6) is 0 Å². The van der Waals surface area contributed by atoms with E-state index in [1.165, 1.54) is 16.9 Å². The number of hydrogen-bond donors (Lipinski definition) is 2. The molecule has 0 aliphatic heterocycles. The van der Waals surface area contributed by atoms with Crippen molar-refractivity contribution in [1.29, 1.82) is 0 Å². The summed E-state index contributed by atoms with van der Waals surface area (Å²) in [4.78, 5) is 23.2. The highest BCUT2D eigenvalue weighted by Crippen LogP contribution is 2.02. The summed E-state index contributed by atoms with van der Waals surface area (Å²) in [6, 6.07) is 9.78. The third kappa shape index (κ3) is 4.16. The molecule has 0 bridgehead atoms. The highest BCUT2D eigenvalue weighted by atomic mass is 16.5. The highest BCUT2D eigenvalue weighted by molar-refractivity contribution is 5.95. The van der Waals surface area contributed by atoms with Crippen molar-refractivity contribution in [2.45, 2.75) is 12.6 Å². The Labute approximate surface area is 127 Å². The van der Waals surface area contributed by atoms with Gasteiger partial charge in [0.25, 0.3) is 5.91 Å². The number of carbonyl (C=O) groups excluding carboxylic acids is 1. The number of ether oxygens (including phenoxy) is 1. The number of carboxylic acid groups (broad SMARTS) is 1. The Hall–Kier alpha value is -2.67. The predicted octanol–water partition coefficient (Wildman–Crippen LogP) is 0.820. The van der Waals surface area contributed by atoms with Crippen molar-refractivity contribution < 1.29 is 19.4 Å². The van der Waals surface area contributed by atoms with Crippen molar-refractivity contribution in [3.8, 4) is 0 Å². The van der Waals surface area contributed by atoms with Gasteiger partial charge in [0.1, 0.15) is 5.69 Å². The van der Waals surface area contributed by atoms with Crippen molar-refractivity contribution in [3.63, 3.8) is 0 Å². The highest BCUT2D eigenvalue weighted by Gasteiger charge is 2.22. The molecule has 0 unspecified atom stereocenters. The van der Waals surface area contributed by atoms with E-state index in [1.807, 2.05) is 30.3 Å². The lowest BCUT2D eigenvalue weighted by molar-refractivity contribution is -0.141. The summed E-state index contributed by atoms with van der Waals surface area (Å²) in [6.07, 6.45) is 1.47. The molecule has 0 radical (unpaired) electrons. The van der Waals surface area contributed by atoms with Crippen LogP contribution in [0.15, 0.2) is 42.6 Å². The molecule has 2 rings (SSSR count). The molecule has 2 aromatic rings. The summed E-state index contributed by atoms with van der Waals surface area (Å²) in [5.74, 6) is -1.65. The molecular weight excluding hydrogens is 286 g/mol. The van der Waals surface area contributed by atoms with Crippen LogP contribution in [0.3, 0.4) is 0 Å². The molecule has 0 aliphatic rings. The van der Waals surface area contributed by atoms with E-state index >= 15 is 0 Å². The zero-order valence-electron chi connectivity index (χ0n) is 12.1. The lowest BCUT2D eigenvalue weighted by Gasteiger charge is -2.15. The first-order valence-electron chi connectivity index (χ1n) is 6.71. The van der Waals surface area contributed by atoms with Crippen LogP contribution >= 0.6 is 0 Å². The molecule has 22 heavy (non-hydrogen) atoms. The minimum Gasteiger partial charge on any atom is -0.480 e. The molecule has 7 nitrogen and oxygen atoms in total. The van der Waals surface area contributed by atoms with Gasteiger partial charge in [-0.15, -0.1) is 0 Å². The van der Waals surface area contributed by atoms with Gasteiger partial charge in [0.05, 0.1) is 13.2 Å². The number of rotatable bonds is 7. The van der Waals surface area contributed by atoms with E-state index in [4.69, 9.17) is 9.84 Å². The molecule has 0 saturated heterocycles. The first kappa shape index (κ1) is 15.7. The molecule has 0 saturated carbocycles. The van der Waals surface area contributed by atoms with E-state index < -0.39 is 17.9 Å². The number of carboxylic acids is 1. The van der Waals surface area contributed by atoms with Gasteiger partial charge in [-0.05, 0) is 11.6 Å². The van der Waals surface area contributed by atoms with Crippen LogP contribution in [0.1, 0.15) is 16.1 Å². The van der Waals surface area contributed by atoms with E-state index in [1.54, 1.807) is 7.05 Å². The van der Waals surface area contributed by atoms with Gasteiger partial charge in [0.2, 0.25) is 0 Å². The van der Waals surface area contributed by atoms with Crippen molar-refractivity contribution in [1.82, 2.24) is 15.1 Å². The fourth-order valence-electron chi connectivity index (χ4n) is 1.87. The molecule has 0 spiro atoms. The summed E-state index contributed by atoms with van der Waals surface area (Å²) in [7, 11) is 1.61. The number of aryl methyl sites for hydroxylation is 1. The zero-order chi connectivity index (χ0) is 15.9. The largest absolute Gasteiger partial charge is 0.480 e. The molecule has 116 valence electrons. The second kappa shape index (κ2) is 7.37. The molecular formula is C15H17N3O4. The molecule has 1 aromatic carbocycles. The first-order chi connectivity index (χ1) is 10.6. The Morgan fingerprint density at radius 3 is 2.64 bits per heavy atom. The SMILES string of the molecule is Cn1nccc1C(=O)N[C@@H](COCc1ccccc1)C(=O)O. The van der Waals surface area contributed by atoms with Crippen LogP contribution in [-0.4, -0.2) is 39.4 Å². The standard InChI is InChI=1S/C15H17N3O4/c1-18-13(7-8-16-18)14(19)17-12(15(20)21)10-22-9-11-5-3-2-4-6-11/h2-8,12H,9-10H2,1H3,(H,17,19)(H,20,21)/t12-/m0/s1. The van der Waals surface area contributed by atoms with Crippen LogP contribution in [0.25, 0.3) is 0 Å². The molecule has 1 aromatic heterocycles. The van der Waals surface area contributed by atoms with Gasteiger partial charge in [-0.1, -0.05) is 30.3 Å². The number of hydrogen-bond acceptors (Lipinski definition) is 4. The molecule has 1 heterocycles. The van der Waals surface area contributed by atoms with Crippen molar-refractivity contribution in [2.75, 3.05) is 6.61 Å². The van der Waals surface area contributed by atoms with Gasteiger partial charge < -0.3 is 15.2 Å². The maximum atomic E-state index is 12.0. The lowest BCUT2D eigenvalue weighted by Crippen LogP contribution is -2.44. The molecule has 0 fully saturated rings. The van der Waals surface area contributed by atoms with Crippen molar-refractivity contribution >= 4 is 11.9 Å². The Bertz CT molecular complexity index is 639. The van der Waals surface area contributed by atoms with Gasteiger partial charge in [-0.25, -0.2) is 4.79 Å². The summed E-state index contributed by atoms with van der Waals surface area (Å²) >= 11 is 0. The molecule has 7 heteroatoms. The topological polar surface area (TPSA) is 93.5 Å². The average Bonchev–Trinajstić information content (AvgIpc) is 2.93. The number of nitrogens with zero attached hydrogens (tertiary/aromatic N) is 2. The lowest BCUT2D eigenvalue weighted by atomic mass is 10.2. The van der Waals surface area contributed by atoms with Gasteiger partial charge in [0.15, 0.2) is 6.04 Å². The Balaban J connectivity index is 1.89. The molecule has 1 atom stereocenters. The number of nitrogens with one attached hydrogen (secondary N) is 1. The third-order valence-electron chi connectivity index (χ3n) is 3.05. The Morgan fingerprint density at radius 1 is 1.32 bits per heavy atom. The van der Waals surface area contributed by atoms with Crippen LogP contribution in [0.4, 0.5) is 0 Å². The average molecular weight is 303 g/mol. The van der Waals surface area contributed by atoms with Gasteiger partial charge in [0, 0.05) is 13.2 Å². The Morgan fingerprint density at radius 2 is 2.05 bits per heavy atom. The predicted molar refractivity (Wildman–Crippen MR) is 78.2 cm³/mol. The van der Waals surface area contributed by atoms with Crippen LogP contribution in [-0.2, 0) is 23.2 Å².